The summed E-state index contributed by atoms with van der Waals surface area (Å²) in [7, 11) is 0. The van der Waals surface area contributed by atoms with Gasteiger partial charge in [0.15, 0.2) is 0 Å². The molecule has 3 aromatic rings. The van der Waals surface area contributed by atoms with Gasteiger partial charge in [0.2, 0.25) is 0 Å². The van der Waals surface area contributed by atoms with Crippen LogP contribution in [0.4, 0.5) is 8.78 Å². The molecule has 2 unspecified atom stereocenters. The van der Waals surface area contributed by atoms with Gasteiger partial charge in [0, 0.05) is 23.2 Å². The fourth-order valence-corrected chi connectivity index (χ4v) is 3.80. The van der Waals surface area contributed by atoms with E-state index in [0.29, 0.717) is 35.5 Å². The molecule has 3 N–H and O–H groups in total. The highest BCUT2D eigenvalue weighted by atomic mass is 35.5. The van der Waals surface area contributed by atoms with Crippen molar-refractivity contribution in [2.45, 2.75) is 24.8 Å². The van der Waals surface area contributed by atoms with E-state index in [4.69, 9.17) is 10.5 Å². The number of benzene rings is 3. The molecule has 1 aliphatic rings. The first-order valence-electron chi connectivity index (χ1n) is 9.27. The van der Waals surface area contributed by atoms with E-state index in [1.165, 1.54) is 12.1 Å². The molecular formula is C23H20ClF2NO3. The van der Waals surface area contributed by atoms with Gasteiger partial charge in [0.1, 0.15) is 23.1 Å². The van der Waals surface area contributed by atoms with Crippen LogP contribution in [0.1, 0.15) is 23.5 Å². The summed E-state index contributed by atoms with van der Waals surface area (Å²) in [4.78, 5) is 11.7. The summed E-state index contributed by atoms with van der Waals surface area (Å²) < 4.78 is 33.5. The normalized spacial score (nSPS) is 17.6. The van der Waals surface area contributed by atoms with E-state index in [1.54, 1.807) is 36.4 Å². The van der Waals surface area contributed by atoms with E-state index in [2.05, 4.69) is 0 Å². The van der Waals surface area contributed by atoms with Crippen LogP contribution in [0.3, 0.4) is 0 Å². The van der Waals surface area contributed by atoms with E-state index in [0.717, 1.165) is 11.6 Å². The number of aryl methyl sites for hydroxylation is 1. The first-order chi connectivity index (χ1) is 13.9. The number of rotatable bonds is 4. The van der Waals surface area contributed by atoms with Gasteiger partial charge in [-0.25, -0.2) is 8.78 Å². The Morgan fingerprint density at radius 2 is 1.80 bits per heavy atom. The Morgan fingerprint density at radius 3 is 2.53 bits per heavy atom. The minimum atomic E-state index is -0.968. The van der Waals surface area contributed by atoms with E-state index in [-0.39, 0.29) is 18.0 Å². The number of fused-ring (bicyclic) bond motifs is 1. The lowest BCUT2D eigenvalue weighted by Crippen LogP contribution is -2.37. The van der Waals surface area contributed by atoms with Crippen molar-refractivity contribution < 1.29 is 23.4 Å². The molecule has 0 radical (unpaired) electrons. The zero-order valence-corrected chi connectivity index (χ0v) is 16.7. The van der Waals surface area contributed by atoms with E-state index in [9.17, 15) is 18.7 Å². The van der Waals surface area contributed by atoms with Crippen molar-refractivity contribution in [3.8, 4) is 22.6 Å². The minimum absolute atomic E-state index is 0. The summed E-state index contributed by atoms with van der Waals surface area (Å²) in [6, 6.07) is 15.0. The summed E-state index contributed by atoms with van der Waals surface area (Å²) in [6.07, 6.45) is 1.31. The molecular weight excluding hydrogens is 412 g/mol. The SMILES string of the molecule is Cl.NC1CCc2ccc(Oc3ccccc3-c3ccc(F)cc3F)cc2C1C(=O)O. The van der Waals surface area contributed by atoms with Gasteiger partial charge in [0.25, 0.3) is 0 Å². The highest BCUT2D eigenvalue weighted by molar-refractivity contribution is 5.85. The van der Waals surface area contributed by atoms with Gasteiger partial charge in [-0.05, 0) is 54.3 Å². The van der Waals surface area contributed by atoms with Crippen LogP contribution < -0.4 is 10.5 Å². The predicted octanol–water partition coefficient (Wildman–Crippen LogP) is 5.29. The van der Waals surface area contributed by atoms with Gasteiger partial charge in [-0.3, -0.25) is 4.79 Å². The van der Waals surface area contributed by atoms with Crippen molar-refractivity contribution in [1.82, 2.24) is 0 Å². The van der Waals surface area contributed by atoms with E-state index in [1.807, 2.05) is 6.07 Å². The molecule has 0 fully saturated rings. The fraction of sp³-hybridized carbons (Fsp3) is 0.174. The number of hydrogen-bond donors (Lipinski definition) is 2. The fourth-order valence-electron chi connectivity index (χ4n) is 3.80. The third-order valence-electron chi connectivity index (χ3n) is 5.23. The molecule has 0 amide bonds. The van der Waals surface area contributed by atoms with Gasteiger partial charge in [0.05, 0.1) is 5.92 Å². The number of para-hydroxylation sites is 1. The molecule has 0 heterocycles. The van der Waals surface area contributed by atoms with Crippen LogP contribution in [0.2, 0.25) is 0 Å². The van der Waals surface area contributed by atoms with Crippen molar-refractivity contribution in [3.63, 3.8) is 0 Å². The van der Waals surface area contributed by atoms with Crippen LogP contribution in [0.15, 0.2) is 60.7 Å². The number of aliphatic carboxylic acids is 1. The lowest BCUT2D eigenvalue weighted by atomic mass is 9.79. The molecule has 30 heavy (non-hydrogen) atoms. The smallest absolute Gasteiger partial charge is 0.312 e. The van der Waals surface area contributed by atoms with Crippen LogP contribution in [0.5, 0.6) is 11.5 Å². The highest BCUT2D eigenvalue weighted by Gasteiger charge is 2.33. The van der Waals surface area contributed by atoms with Gasteiger partial charge in [-0.1, -0.05) is 24.3 Å². The second kappa shape index (κ2) is 8.81. The molecule has 0 saturated carbocycles. The zero-order valence-electron chi connectivity index (χ0n) is 15.8. The number of hydrogen-bond acceptors (Lipinski definition) is 3. The Kier molecular flexibility index (Phi) is 6.39. The molecule has 2 atom stereocenters. The average Bonchev–Trinajstić information content (AvgIpc) is 2.68. The summed E-state index contributed by atoms with van der Waals surface area (Å²) in [5.74, 6) is -2.31. The molecule has 7 heteroatoms. The second-order valence-corrected chi connectivity index (χ2v) is 7.10. The van der Waals surface area contributed by atoms with Crippen molar-refractivity contribution in [1.29, 1.82) is 0 Å². The maximum absolute atomic E-state index is 14.3. The monoisotopic (exact) mass is 431 g/mol. The summed E-state index contributed by atoms with van der Waals surface area (Å²) in [5.41, 5.74) is 8.29. The van der Waals surface area contributed by atoms with Crippen molar-refractivity contribution in [3.05, 3.63) is 83.4 Å². The number of carboxylic acids is 1. The first kappa shape index (κ1) is 21.7. The summed E-state index contributed by atoms with van der Waals surface area (Å²) >= 11 is 0. The molecule has 0 aliphatic heterocycles. The molecule has 0 aromatic heterocycles. The Hall–Kier alpha value is -2.96. The van der Waals surface area contributed by atoms with Crippen LogP contribution in [0.25, 0.3) is 11.1 Å². The molecule has 0 spiro atoms. The number of carboxylic acid groups (broad SMARTS) is 1. The Labute approximate surface area is 178 Å². The third-order valence-corrected chi connectivity index (χ3v) is 5.23. The maximum Gasteiger partial charge on any atom is 0.312 e. The molecule has 0 bridgehead atoms. The number of nitrogens with two attached hydrogens (primary N) is 1. The molecule has 1 aliphatic carbocycles. The van der Waals surface area contributed by atoms with Gasteiger partial charge < -0.3 is 15.6 Å². The van der Waals surface area contributed by atoms with Crippen LogP contribution >= 0.6 is 12.4 Å². The molecule has 156 valence electrons. The number of ether oxygens (including phenoxy) is 1. The first-order valence-corrected chi connectivity index (χ1v) is 9.27. The Balaban J connectivity index is 0.00000256. The van der Waals surface area contributed by atoms with Crippen LogP contribution in [-0.4, -0.2) is 17.1 Å². The molecule has 4 nitrogen and oxygen atoms in total. The van der Waals surface area contributed by atoms with Crippen molar-refractivity contribution >= 4 is 18.4 Å². The Morgan fingerprint density at radius 1 is 1.03 bits per heavy atom. The molecule has 0 saturated heterocycles. The second-order valence-electron chi connectivity index (χ2n) is 7.10. The predicted molar refractivity (Wildman–Crippen MR) is 112 cm³/mol. The lowest BCUT2D eigenvalue weighted by Gasteiger charge is -2.28. The van der Waals surface area contributed by atoms with E-state index >= 15 is 0 Å². The highest BCUT2D eigenvalue weighted by Crippen LogP contribution is 2.38. The summed E-state index contributed by atoms with van der Waals surface area (Å²) in [6.45, 7) is 0. The number of carbonyl (C=O) groups is 1. The standard InChI is InChI=1S/C23H19F2NO3.ClH/c24-14-7-9-16(19(25)11-14)17-3-1-2-4-21(17)29-15-8-5-13-6-10-20(26)22(23(27)28)18(13)12-15;/h1-5,7-9,11-12,20,22H,6,10,26H2,(H,27,28);1H. The average molecular weight is 432 g/mol. The third kappa shape index (κ3) is 4.15. The Bertz CT molecular complexity index is 1090. The molecule has 4 rings (SSSR count). The summed E-state index contributed by atoms with van der Waals surface area (Å²) in [5, 5.41) is 9.59. The van der Waals surface area contributed by atoms with E-state index < -0.39 is 29.6 Å². The maximum atomic E-state index is 14.3. The quantitative estimate of drug-likeness (QED) is 0.589. The largest absolute Gasteiger partial charge is 0.481 e. The molecule has 3 aromatic carbocycles. The van der Waals surface area contributed by atoms with Gasteiger partial charge in [-0.15, -0.1) is 12.4 Å². The van der Waals surface area contributed by atoms with Crippen molar-refractivity contribution in [2.75, 3.05) is 0 Å². The van der Waals surface area contributed by atoms with Crippen LogP contribution in [-0.2, 0) is 11.2 Å². The van der Waals surface area contributed by atoms with Gasteiger partial charge in [-0.2, -0.15) is 0 Å². The topological polar surface area (TPSA) is 72.5 Å². The minimum Gasteiger partial charge on any atom is -0.481 e. The number of halogens is 3. The van der Waals surface area contributed by atoms with Crippen LogP contribution in [0, 0.1) is 11.6 Å². The van der Waals surface area contributed by atoms with Gasteiger partial charge >= 0.3 is 5.97 Å². The van der Waals surface area contributed by atoms with Crippen molar-refractivity contribution in [2.24, 2.45) is 5.73 Å². The lowest BCUT2D eigenvalue weighted by molar-refractivity contribution is -0.139. The zero-order chi connectivity index (χ0) is 20.5.